The lowest BCUT2D eigenvalue weighted by Gasteiger charge is -2.17. The lowest BCUT2D eigenvalue weighted by molar-refractivity contribution is 0.148. The van der Waals surface area contributed by atoms with Gasteiger partial charge in [-0.15, -0.1) is 0 Å². The summed E-state index contributed by atoms with van der Waals surface area (Å²) in [5.41, 5.74) is 1.31. The van der Waals surface area contributed by atoms with Crippen LogP contribution < -0.4 is 5.32 Å². The highest BCUT2D eigenvalue weighted by Crippen LogP contribution is 2.21. The van der Waals surface area contributed by atoms with Gasteiger partial charge in [-0.05, 0) is 35.6 Å². The largest absolute Gasteiger partial charge is 0.392 e. The van der Waals surface area contributed by atoms with E-state index in [0.29, 0.717) is 0 Å². The highest BCUT2D eigenvalue weighted by molar-refractivity contribution is 5.85. The van der Waals surface area contributed by atoms with E-state index in [1.54, 1.807) is 0 Å². The van der Waals surface area contributed by atoms with Crippen molar-refractivity contribution in [3.8, 4) is 0 Å². The molecule has 1 saturated carbocycles. The van der Waals surface area contributed by atoms with Crippen LogP contribution in [0.5, 0.6) is 0 Å². The van der Waals surface area contributed by atoms with Gasteiger partial charge in [0, 0.05) is 12.6 Å². The molecule has 0 spiro atoms. The van der Waals surface area contributed by atoms with Crippen molar-refractivity contribution in [3.63, 3.8) is 0 Å². The van der Waals surface area contributed by atoms with Crippen molar-refractivity contribution in [1.82, 2.24) is 5.32 Å². The minimum Gasteiger partial charge on any atom is -0.392 e. The Kier molecular flexibility index (Phi) is 3.31. The molecule has 0 saturated heterocycles. The lowest BCUT2D eigenvalue weighted by Crippen LogP contribution is -2.35. The second-order valence-corrected chi connectivity index (χ2v) is 5.12. The molecule has 0 radical (unpaired) electrons. The Morgan fingerprint density at radius 1 is 1.06 bits per heavy atom. The zero-order valence-corrected chi connectivity index (χ0v) is 10.5. The fraction of sp³-hybridized carbons (Fsp3) is 0.375. The van der Waals surface area contributed by atoms with Crippen molar-refractivity contribution in [2.24, 2.45) is 0 Å². The van der Waals surface area contributed by atoms with Gasteiger partial charge in [0.2, 0.25) is 0 Å². The van der Waals surface area contributed by atoms with Gasteiger partial charge in [0.25, 0.3) is 0 Å². The van der Waals surface area contributed by atoms with E-state index in [1.165, 1.54) is 16.3 Å². The van der Waals surface area contributed by atoms with Crippen LogP contribution in [-0.2, 0) is 6.54 Å². The zero-order chi connectivity index (χ0) is 12.4. The van der Waals surface area contributed by atoms with Gasteiger partial charge in [0.05, 0.1) is 6.10 Å². The molecule has 2 atom stereocenters. The number of rotatable bonds is 3. The molecule has 94 valence electrons. The number of aliphatic hydroxyl groups excluding tert-OH is 1. The minimum atomic E-state index is -0.167. The molecule has 0 unspecified atom stereocenters. The summed E-state index contributed by atoms with van der Waals surface area (Å²) in [6, 6.07) is 15.1. The van der Waals surface area contributed by atoms with Crippen molar-refractivity contribution in [1.29, 1.82) is 0 Å². The maximum atomic E-state index is 9.82. The van der Waals surface area contributed by atoms with E-state index < -0.39 is 0 Å². The van der Waals surface area contributed by atoms with Crippen LogP contribution in [-0.4, -0.2) is 17.3 Å². The first-order valence-electron chi connectivity index (χ1n) is 6.73. The maximum absolute atomic E-state index is 9.82. The summed E-state index contributed by atoms with van der Waals surface area (Å²) in [7, 11) is 0. The lowest BCUT2D eigenvalue weighted by atomic mass is 10.0. The molecule has 2 N–H and O–H groups in total. The first-order valence-corrected chi connectivity index (χ1v) is 6.73. The average molecular weight is 241 g/mol. The molecular formula is C16H19NO. The molecular weight excluding hydrogens is 222 g/mol. The van der Waals surface area contributed by atoms with Gasteiger partial charge >= 0.3 is 0 Å². The fourth-order valence-corrected chi connectivity index (χ4v) is 2.87. The molecule has 0 aliphatic heterocycles. The molecule has 2 nitrogen and oxygen atoms in total. The number of aliphatic hydroxyl groups is 1. The Morgan fingerprint density at radius 3 is 2.72 bits per heavy atom. The predicted octanol–water partition coefficient (Wildman–Crippen LogP) is 2.84. The van der Waals surface area contributed by atoms with Gasteiger partial charge in [-0.3, -0.25) is 0 Å². The predicted molar refractivity (Wildman–Crippen MR) is 74.4 cm³/mol. The second-order valence-electron chi connectivity index (χ2n) is 5.12. The summed E-state index contributed by atoms with van der Waals surface area (Å²) in [6.07, 6.45) is 2.99. The van der Waals surface area contributed by atoms with Crippen LogP contribution in [0, 0.1) is 0 Å². The van der Waals surface area contributed by atoms with Crippen LogP contribution in [0.3, 0.4) is 0 Å². The Labute approximate surface area is 108 Å². The standard InChI is InChI=1S/C16H19NO/c18-16-10-4-9-15(16)17-11-13-7-3-6-12-5-1-2-8-14(12)13/h1-3,5-8,15-18H,4,9-11H2/t15-,16-/m0/s1. The van der Waals surface area contributed by atoms with Crippen LogP contribution in [0.15, 0.2) is 42.5 Å². The number of hydrogen-bond donors (Lipinski definition) is 2. The summed E-state index contributed by atoms with van der Waals surface area (Å²) < 4.78 is 0. The monoisotopic (exact) mass is 241 g/mol. The summed E-state index contributed by atoms with van der Waals surface area (Å²) in [4.78, 5) is 0. The molecule has 2 aromatic carbocycles. The first-order chi connectivity index (χ1) is 8.84. The van der Waals surface area contributed by atoms with Gasteiger partial charge < -0.3 is 10.4 Å². The minimum absolute atomic E-state index is 0.167. The SMILES string of the molecule is O[C@H]1CCC[C@@H]1NCc1cccc2ccccc12. The molecule has 2 heteroatoms. The summed E-state index contributed by atoms with van der Waals surface area (Å²) >= 11 is 0. The van der Waals surface area contributed by atoms with E-state index >= 15 is 0 Å². The molecule has 18 heavy (non-hydrogen) atoms. The van der Waals surface area contributed by atoms with E-state index in [0.717, 1.165) is 25.8 Å². The van der Waals surface area contributed by atoms with E-state index in [2.05, 4.69) is 47.8 Å². The van der Waals surface area contributed by atoms with E-state index in [4.69, 9.17) is 0 Å². The van der Waals surface area contributed by atoms with Gasteiger partial charge in [0.1, 0.15) is 0 Å². The molecule has 0 amide bonds. The normalized spacial score (nSPS) is 23.6. The van der Waals surface area contributed by atoms with Crippen molar-refractivity contribution in [2.45, 2.75) is 38.0 Å². The Balaban J connectivity index is 1.78. The summed E-state index contributed by atoms with van der Waals surface area (Å²) in [5, 5.41) is 15.9. The van der Waals surface area contributed by atoms with Crippen LogP contribution in [0.2, 0.25) is 0 Å². The van der Waals surface area contributed by atoms with Crippen LogP contribution in [0.1, 0.15) is 24.8 Å². The Morgan fingerprint density at radius 2 is 1.89 bits per heavy atom. The summed E-state index contributed by atoms with van der Waals surface area (Å²) in [6.45, 7) is 0.836. The Hall–Kier alpha value is -1.38. The van der Waals surface area contributed by atoms with E-state index in [9.17, 15) is 5.11 Å². The topological polar surface area (TPSA) is 32.3 Å². The van der Waals surface area contributed by atoms with Crippen molar-refractivity contribution < 1.29 is 5.11 Å². The smallest absolute Gasteiger partial charge is 0.0693 e. The van der Waals surface area contributed by atoms with Crippen LogP contribution >= 0.6 is 0 Å². The molecule has 0 aromatic heterocycles. The third-order valence-electron chi connectivity index (χ3n) is 3.91. The third-order valence-corrected chi connectivity index (χ3v) is 3.91. The van der Waals surface area contributed by atoms with Crippen LogP contribution in [0.4, 0.5) is 0 Å². The summed E-state index contributed by atoms with van der Waals surface area (Å²) in [5.74, 6) is 0. The quantitative estimate of drug-likeness (QED) is 0.866. The zero-order valence-electron chi connectivity index (χ0n) is 10.5. The van der Waals surface area contributed by atoms with Crippen LogP contribution in [0.25, 0.3) is 10.8 Å². The van der Waals surface area contributed by atoms with Gasteiger partial charge in [-0.1, -0.05) is 42.5 Å². The highest BCUT2D eigenvalue weighted by Gasteiger charge is 2.24. The number of hydrogen-bond acceptors (Lipinski definition) is 2. The molecule has 2 aromatic rings. The Bertz CT molecular complexity index is 532. The molecule has 1 aliphatic rings. The third kappa shape index (κ3) is 2.26. The van der Waals surface area contributed by atoms with E-state index in [1.807, 2.05) is 0 Å². The number of nitrogens with one attached hydrogen (secondary N) is 1. The van der Waals surface area contributed by atoms with E-state index in [-0.39, 0.29) is 12.1 Å². The number of benzene rings is 2. The highest BCUT2D eigenvalue weighted by atomic mass is 16.3. The van der Waals surface area contributed by atoms with Crippen molar-refractivity contribution >= 4 is 10.8 Å². The average Bonchev–Trinajstić information content (AvgIpc) is 2.82. The number of fused-ring (bicyclic) bond motifs is 1. The molecule has 1 fully saturated rings. The van der Waals surface area contributed by atoms with Crippen molar-refractivity contribution in [2.75, 3.05) is 0 Å². The van der Waals surface area contributed by atoms with Gasteiger partial charge in [-0.2, -0.15) is 0 Å². The second kappa shape index (κ2) is 5.09. The molecule has 0 heterocycles. The maximum Gasteiger partial charge on any atom is 0.0693 e. The fourth-order valence-electron chi connectivity index (χ4n) is 2.87. The first kappa shape index (κ1) is 11.7. The van der Waals surface area contributed by atoms with Gasteiger partial charge in [-0.25, -0.2) is 0 Å². The molecule has 3 rings (SSSR count). The molecule has 0 bridgehead atoms. The van der Waals surface area contributed by atoms with Crippen molar-refractivity contribution in [3.05, 3.63) is 48.0 Å². The van der Waals surface area contributed by atoms with Gasteiger partial charge in [0.15, 0.2) is 0 Å². The molecule has 1 aliphatic carbocycles.